The van der Waals surface area contributed by atoms with Gasteiger partial charge in [-0.05, 0) is 0 Å². The van der Waals surface area contributed by atoms with Crippen LogP contribution in [-0.2, 0) is 21.1 Å². The molecule has 0 rings (SSSR count). The fourth-order valence-corrected chi connectivity index (χ4v) is 0.512. The number of unbranched alkanes of at least 4 members (excludes halogenated alkanes) is 3. The maximum atomic E-state index is 5.14. The van der Waals surface area contributed by atoms with E-state index in [9.17, 15) is 0 Å². The third-order valence-electron chi connectivity index (χ3n) is 0.974. The number of hydrogen-bond donors (Lipinski definition) is 1. The van der Waals surface area contributed by atoms with Gasteiger partial charge in [-0.15, -0.1) is 0 Å². The summed E-state index contributed by atoms with van der Waals surface area (Å²) in [5, 5.41) is 0. The second-order valence-corrected chi connectivity index (χ2v) is 1.73. The Morgan fingerprint density at radius 2 is 2.00 bits per heavy atom. The molecule has 0 aromatic carbocycles. The minimum Gasteiger partial charge on any atom is -0.483 e. The average Bonchev–Trinajstić information content (AvgIpc) is 1.69. The molecule has 0 fully saturated rings. The number of rotatable bonds is 4. The molecule has 2 heteroatoms. The Bertz CT molecular complexity index is 27.7. The molecule has 0 radical (unpaired) electrons. The molecule has 0 aliphatic heterocycles. The van der Waals surface area contributed by atoms with Crippen LogP contribution in [0.4, 0.5) is 0 Å². The summed E-state index contributed by atoms with van der Waals surface area (Å²) < 4.78 is 0. The van der Waals surface area contributed by atoms with E-state index >= 15 is 0 Å². The van der Waals surface area contributed by atoms with Crippen LogP contribution in [0.1, 0.15) is 32.6 Å². The van der Waals surface area contributed by atoms with Crippen molar-refractivity contribution in [3.8, 4) is 0 Å². The van der Waals surface area contributed by atoms with Gasteiger partial charge in [-0.3, -0.25) is 6.54 Å². The molecule has 0 bridgehead atoms. The minimum atomic E-state index is 0. The molecule has 0 aromatic heterocycles. The summed E-state index contributed by atoms with van der Waals surface area (Å²) in [4.78, 5) is 0. The Hall–Kier alpha value is 0.648. The zero-order chi connectivity index (χ0) is 5.54. The van der Waals surface area contributed by atoms with Gasteiger partial charge in [-0.25, -0.2) is 0 Å². The molecule has 0 saturated heterocycles. The molecule has 0 aromatic rings. The first-order valence-electron chi connectivity index (χ1n) is 2.95. The summed E-state index contributed by atoms with van der Waals surface area (Å²) in [6.07, 6.45) is 4.93. The first-order chi connectivity index (χ1) is 3.41. The van der Waals surface area contributed by atoms with Gasteiger partial charge in [0.2, 0.25) is 0 Å². The predicted octanol–water partition coefficient (Wildman–Crippen LogP) is 1.68. The Morgan fingerprint density at radius 3 is 2.38 bits per heavy atom. The largest absolute Gasteiger partial charge is 0.483 e. The van der Waals surface area contributed by atoms with Crippen LogP contribution in [0.3, 0.4) is 0 Å². The van der Waals surface area contributed by atoms with Gasteiger partial charge >= 0.3 is 0 Å². The topological polar surface area (TPSA) is 26.0 Å². The Labute approximate surface area is 66.3 Å². The third-order valence-corrected chi connectivity index (χ3v) is 0.974. The van der Waals surface area contributed by atoms with Gasteiger partial charge < -0.3 is 5.73 Å². The third kappa shape index (κ3) is 9.82. The van der Waals surface area contributed by atoms with Gasteiger partial charge in [-0.2, -0.15) is 6.42 Å². The molecule has 50 valence electrons. The van der Waals surface area contributed by atoms with Crippen molar-refractivity contribution in [3.63, 3.8) is 0 Å². The molecular formula is C6H14MoN-. The van der Waals surface area contributed by atoms with Gasteiger partial charge in [0.05, 0.1) is 0 Å². The monoisotopic (exact) mass is 198 g/mol. The molecule has 2 N–H and O–H groups in total. The van der Waals surface area contributed by atoms with Gasteiger partial charge in [0, 0.05) is 21.1 Å². The van der Waals surface area contributed by atoms with E-state index < -0.39 is 0 Å². The molecule has 0 aliphatic carbocycles. The molecule has 0 heterocycles. The quantitative estimate of drug-likeness (QED) is 0.413. The van der Waals surface area contributed by atoms with Crippen molar-refractivity contribution in [1.82, 2.24) is 0 Å². The fourth-order valence-electron chi connectivity index (χ4n) is 0.512. The average molecular weight is 196 g/mol. The Balaban J connectivity index is 0. The van der Waals surface area contributed by atoms with Crippen LogP contribution in [-0.4, -0.2) is 0 Å². The molecule has 0 unspecified atom stereocenters. The van der Waals surface area contributed by atoms with E-state index in [1.165, 1.54) is 19.3 Å². The van der Waals surface area contributed by atoms with E-state index in [4.69, 9.17) is 5.73 Å². The Morgan fingerprint density at radius 1 is 1.38 bits per heavy atom. The van der Waals surface area contributed by atoms with Crippen molar-refractivity contribution >= 4 is 0 Å². The summed E-state index contributed by atoms with van der Waals surface area (Å²) in [7, 11) is 0. The Kier molecular flexibility index (Phi) is 15.2. The molecule has 0 atom stereocenters. The van der Waals surface area contributed by atoms with E-state index in [0.29, 0.717) is 0 Å². The second-order valence-electron chi connectivity index (χ2n) is 1.73. The van der Waals surface area contributed by atoms with Gasteiger partial charge in [0.25, 0.3) is 0 Å². The maximum absolute atomic E-state index is 5.14. The summed E-state index contributed by atoms with van der Waals surface area (Å²) >= 11 is 0. The molecule has 0 spiro atoms. The van der Waals surface area contributed by atoms with Gasteiger partial charge in [0.1, 0.15) is 0 Å². The first-order valence-corrected chi connectivity index (χ1v) is 2.95. The van der Waals surface area contributed by atoms with E-state index in [1.54, 1.807) is 6.54 Å². The zero-order valence-corrected chi connectivity index (χ0v) is 7.40. The number of hydrogen-bond acceptors (Lipinski definition) is 1. The summed E-state index contributed by atoms with van der Waals surface area (Å²) in [6.45, 7) is 3.92. The van der Waals surface area contributed by atoms with Crippen molar-refractivity contribution in [1.29, 1.82) is 0 Å². The van der Waals surface area contributed by atoms with E-state index in [0.717, 1.165) is 6.42 Å². The zero-order valence-electron chi connectivity index (χ0n) is 5.39. The van der Waals surface area contributed by atoms with Crippen molar-refractivity contribution in [2.75, 3.05) is 0 Å². The van der Waals surface area contributed by atoms with Crippen molar-refractivity contribution in [2.45, 2.75) is 32.6 Å². The minimum absolute atomic E-state index is 0. The van der Waals surface area contributed by atoms with E-state index in [-0.39, 0.29) is 21.1 Å². The molecule has 0 amide bonds. The van der Waals surface area contributed by atoms with Crippen LogP contribution >= 0.6 is 0 Å². The first kappa shape index (κ1) is 11.4. The summed E-state index contributed by atoms with van der Waals surface area (Å²) in [5.41, 5.74) is 5.14. The maximum Gasteiger partial charge on any atom is 0 e. The van der Waals surface area contributed by atoms with Gasteiger partial charge in [-0.1, -0.05) is 26.2 Å². The molecular weight excluding hydrogens is 182 g/mol. The summed E-state index contributed by atoms with van der Waals surface area (Å²) in [5.74, 6) is 0. The van der Waals surface area contributed by atoms with Crippen LogP contribution in [0.2, 0.25) is 0 Å². The van der Waals surface area contributed by atoms with Crippen LogP contribution in [0.15, 0.2) is 0 Å². The van der Waals surface area contributed by atoms with Crippen LogP contribution in [0, 0.1) is 6.54 Å². The molecule has 0 saturated carbocycles. The van der Waals surface area contributed by atoms with Crippen molar-refractivity contribution in [3.05, 3.63) is 6.54 Å². The van der Waals surface area contributed by atoms with E-state index in [2.05, 4.69) is 6.92 Å². The number of nitrogens with two attached hydrogens (primary N) is 1. The summed E-state index contributed by atoms with van der Waals surface area (Å²) in [6, 6.07) is 0. The van der Waals surface area contributed by atoms with Crippen molar-refractivity contribution < 1.29 is 21.1 Å². The molecule has 1 nitrogen and oxygen atoms in total. The fraction of sp³-hybridized carbons (Fsp3) is 0.833. The van der Waals surface area contributed by atoms with Crippen LogP contribution in [0.25, 0.3) is 0 Å². The van der Waals surface area contributed by atoms with Crippen LogP contribution in [0.5, 0.6) is 0 Å². The SMILES string of the molecule is CCCCC[CH-]N.[Mo]. The molecule has 0 aliphatic rings. The standard InChI is InChI=1S/C6H14N.Mo/c1-2-3-4-5-6-7;/h6H,2-5,7H2,1H3;/q-1;. The normalized spacial score (nSPS) is 8.25. The predicted molar refractivity (Wildman–Crippen MR) is 32.6 cm³/mol. The second kappa shape index (κ2) is 10.6. The van der Waals surface area contributed by atoms with Crippen LogP contribution < -0.4 is 5.73 Å². The molecule has 8 heavy (non-hydrogen) atoms. The smallest absolute Gasteiger partial charge is 0 e. The van der Waals surface area contributed by atoms with Gasteiger partial charge in [0.15, 0.2) is 0 Å². The van der Waals surface area contributed by atoms with Crippen molar-refractivity contribution in [2.24, 2.45) is 5.73 Å². The van der Waals surface area contributed by atoms with E-state index in [1.807, 2.05) is 0 Å².